The van der Waals surface area contributed by atoms with Crippen LogP contribution in [0.15, 0.2) is 83.7 Å². The van der Waals surface area contributed by atoms with Crippen molar-refractivity contribution in [3.8, 4) is 11.4 Å². The average molecular weight is 454 g/mol. The third-order valence-electron chi connectivity index (χ3n) is 5.59. The van der Waals surface area contributed by atoms with Crippen LogP contribution in [-0.2, 0) is 11.3 Å². The van der Waals surface area contributed by atoms with Crippen molar-refractivity contribution in [1.82, 2.24) is 14.6 Å². The summed E-state index contributed by atoms with van der Waals surface area (Å²) in [6.45, 7) is 0.407. The zero-order valence-corrected chi connectivity index (χ0v) is 17.9. The van der Waals surface area contributed by atoms with Crippen LogP contribution >= 0.6 is 11.3 Å². The Hall–Kier alpha value is -4.17. The van der Waals surface area contributed by atoms with E-state index in [0.29, 0.717) is 33.0 Å². The van der Waals surface area contributed by atoms with E-state index in [9.17, 15) is 14.0 Å². The molecule has 0 atom stereocenters. The maximum absolute atomic E-state index is 13.5. The molecule has 3 aromatic carbocycles. The monoisotopic (exact) mass is 454 g/mol. The number of halogens is 1. The lowest BCUT2D eigenvalue weighted by atomic mass is 10.1. The Morgan fingerprint density at radius 2 is 1.61 bits per heavy atom. The fourth-order valence-electron chi connectivity index (χ4n) is 4.03. The second kappa shape index (κ2) is 7.46. The Kier molecular flexibility index (Phi) is 4.41. The van der Waals surface area contributed by atoms with Crippen molar-refractivity contribution in [3.63, 3.8) is 0 Å². The van der Waals surface area contributed by atoms with E-state index in [-0.39, 0.29) is 11.7 Å². The van der Waals surface area contributed by atoms with Gasteiger partial charge in [0.2, 0.25) is 4.96 Å². The summed E-state index contributed by atoms with van der Waals surface area (Å²) < 4.78 is 14.7. The van der Waals surface area contributed by atoms with Crippen molar-refractivity contribution in [2.75, 3.05) is 4.90 Å². The lowest BCUT2D eigenvalue weighted by molar-refractivity contribution is -0.113. The van der Waals surface area contributed by atoms with Crippen molar-refractivity contribution in [3.05, 3.63) is 111 Å². The van der Waals surface area contributed by atoms with Crippen LogP contribution in [-0.4, -0.2) is 20.5 Å². The number of thiazole rings is 1. The molecule has 0 fully saturated rings. The molecule has 0 aliphatic carbocycles. The molecule has 0 saturated heterocycles. The van der Waals surface area contributed by atoms with Gasteiger partial charge in [0.05, 0.1) is 17.8 Å². The van der Waals surface area contributed by atoms with Gasteiger partial charge in [-0.2, -0.15) is 9.50 Å². The molecule has 0 saturated carbocycles. The second-order valence-corrected chi connectivity index (χ2v) is 8.62. The number of nitrogens with zero attached hydrogens (tertiary/aromatic N) is 4. The Labute approximate surface area is 190 Å². The summed E-state index contributed by atoms with van der Waals surface area (Å²) in [4.78, 5) is 33.3. The SMILES string of the molecule is O=C1/C(=c2\sc3nc(-c4ccc(F)cc4)nn3c2=O)c2ccccc2N1Cc1ccccc1. The number of hydrogen-bond acceptors (Lipinski definition) is 5. The van der Waals surface area contributed by atoms with Crippen molar-refractivity contribution in [2.45, 2.75) is 6.54 Å². The molecule has 0 N–H and O–H groups in total. The Bertz CT molecular complexity index is 1640. The molecule has 3 heterocycles. The number of benzene rings is 3. The molecule has 0 unspecified atom stereocenters. The highest BCUT2D eigenvalue weighted by Gasteiger charge is 2.34. The molecule has 1 amide bonds. The molecule has 0 bridgehead atoms. The highest BCUT2D eigenvalue weighted by molar-refractivity contribution is 7.15. The van der Waals surface area contributed by atoms with E-state index in [4.69, 9.17) is 0 Å². The third-order valence-corrected chi connectivity index (χ3v) is 6.62. The highest BCUT2D eigenvalue weighted by atomic mass is 32.1. The maximum atomic E-state index is 13.5. The van der Waals surface area contributed by atoms with Gasteiger partial charge < -0.3 is 4.90 Å². The number of aromatic nitrogens is 3. The topological polar surface area (TPSA) is 67.6 Å². The van der Waals surface area contributed by atoms with Gasteiger partial charge in [0, 0.05) is 11.1 Å². The summed E-state index contributed by atoms with van der Waals surface area (Å²) in [7, 11) is 0. The molecule has 160 valence electrons. The minimum absolute atomic E-state index is 0.222. The minimum atomic E-state index is -0.393. The molecular formula is C25H15FN4O2S. The standard InChI is InChI=1S/C25H15FN4O2S/c26-17-12-10-16(11-13-17)22-27-25-30(28-22)24(32)21(33-25)20-18-8-4-5-9-19(18)29(23(20)31)14-15-6-2-1-3-7-15/h1-13H,14H2/b21-20-. The van der Waals surface area contributed by atoms with E-state index >= 15 is 0 Å². The second-order valence-electron chi connectivity index (χ2n) is 7.64. The molecule has 0 radical (unpaired) electrons. The van der Waals surface area contributed by atoms with Crippen LogP contribution in [0.3, 0.4) is 0 Å². The van der Waals surface area contributed by atoms with Crippen molar-refractivity contribution >= 4 is 33.5 Å². The minimum Gasteiger partial charge on any atom is -0.303 e. The molecule has 2 aromatic heterocycles. The summed E-state index contributed by atoms with van der Waals surface area (Å²) in [5.74, 6) is -0.249. The first-order chi connectivity index (χ1) is 16.1. The van der Waals surface area contributed by atoms with Crippen LogP contribution in [0.5, 0.6) is 0 Å². The molecule has 33 heavy (non-hydrogen) atoms. The molecule has 1 aliphatic rings. The van der Waals surface area contributed by atoms with E-state index in [0.717, 1.165) is 28.2 Å². The highest BCUT2D eigenvalue weighted by Crippen LogP contribution is 2.36. The number of para-hydroxylation sites is 1. The van der Waals surface area contributed by atoms with Gasteiger partial charge in [-0.3, -0.25) is 9.59 Å². The normalized spacial score (nSPS) is 14.8. The largest absolute Gasteiger partial charge is 0.303 e. The summed E-state index contributed by atoms with van der Waals surface area (Å²) in [6, 6.07) is 23.0. The number of rotatable bonds is 3. The zero-order valence-electron chi connectivity index (χ0n) is 17.1. The quantitative estimate of drug-likeness (QED) is 0.419. The molecule has 6 rings (SSSR count). The van der Waals surface area contributed by atoms with E-state index < -0.39 is 5.56 Å². The summed E-state index contributed by atoms with van der Waals surface area (Å²) in [6.07, 6.45) is 0. The maximum Gasteiger partial charge on any atom is 0.291 e. The van der Waals surface area contributed by atoms with Crippen LogP contribution in [0.25, 0.3) is 21.9 Å². The lowest BCUT2D eigenvalue weighted by Gasteiger charge is -2.17. The third kappa shape index (κ3) is 3.15. The summed E-state index contributed by atoms with van der Waals surface area (Å²) >= 11 is 1.13. The molecule has 8 heteroatoms. The van der Waals surface area contributed by atoms with Crippen LogP contribution < -0.4 is 15.0 Å². The first-order valence-electron chi connectivity index (χ1n) is 10.2. The van der Waals surface area contributed by atoms with Gasteiger partial charge in [-0.25, -0.2) is 4.39 Å². The Morgan fingerprint density at radius 3 is 2.36 bits per heavy atom. The lowest BCUT2D eigenvalue weighted by Crippen LogP contribution is -2.32. The molecule has 0 spiro atoms. The van der Waals surface area contributed by atoms with Crippen molar-refractivity contribution < 1.29 is 9.18 Å². The number of carbonyl (C=O) groups is 1. The van der Waals surface area contributed by atoms with E-state index in [1.807, 2.05) is 54.6 Å². The summed E-state index contributed by atoms with van der Waals surface area (Å²) in [5, 5.41) is 4.31. The predicted molar refractivity (Wildman–Crippen MR) is 124 cm³/mol. The first-order valence-corrected chi connectivity index (χ1v) is 11.1. The number of anilines is 1. The first kappa shape index (κ1) is 19.5. The van der Waals surface area contributed by atoms with Crippen LogP contribution in [0.2, 0.25) is 0 Å². The van der Waals surface area contributed by atoms with Crippen LogP contribution in [0.4, 0.5) is 10.1 Å². The average Bonchev–Trinajstić information content (AvgIpc) is 3.47. The van der Waals surface area contributed by atoms with E-state index in [1.165, 1.54) is 16.6 Å². The van der Waals surface area contributed by atoms with Gasteiger partial charge in [0.1, 0.15) is 10.3 Å². The van der Waals surface area contributed by atoms with Crippen LogP contribution in [0.1, 0.15) is 11.1 Å². The number of amides is 1. The van der Waals surface area contributed by atoms with Crippen molar-refractivity contribution in [2.24, 2.45) is 0 Å². The zero-order chi connectivity index (χ0) is 22.5. The van der Waals surface area contributed by atoms with Gasteiger partial charge >= 0.3 is 0 Å². The van der Waals surface area contributed by atoms with Gasteiger partial charge in [0.25, 0.3) is 11.5 Å². The number of carbonyl (C=O) groups excluding carboxylic acids is 1. The molecular weight excluding hydrogens is 439 g/mol. The fourth-order valence-corrected chi connectivity index (χ4v) is 5.03. The molecule has 6 nitrogen and oxygen atoms in total. The van der Waals surface area contributed by atoms with E-state index in [1.54, 1.807) is 17.0 Å². The van der Waals surface area contributed by atoms with Gasteiger partial charge in [-0.15, -0.1) is 5.10 Å². The Balaban J connectivity index is 1.50. The number of fused-ring (bicyclic) bond motifs is 2. The van der Waals surface area contributed by atoms with Crippen molar-refractivity contribution in [1.29, 1.82) is 0 Å². The van der Waals surface area contributed by atoms with Gasteiger partial charge in [-0.1, -0.05) is 59.9 Å². The van der Waals surface area contributed by atoms with E-state index in [2.05, 4.69) is 10.1 Å². The van der Waals surface area contributed by atoms with Crippen LogP contribution in [0, 0.1) is 5.82 Å². The van der Waals surface area contributed by atoms with Gasteiger partial charge in [0.15, 0.2) is 5.82 Å². The fraction of sp³-hybridized carbons (Fsp3) is 0.0400. The number of hydrogen-bond donors (Lipinski definition) is 0. The smallest absolute Gasteiger partial charge is 0.291 e. The molecule has 1 aliphatic heterocycles. The van der Waals surface area contributed by atoms with Gasteiger partial charge in [-0.05, 0) is 35.9 Å². The molecule has 5 aromatic rings. The predicted octanol–water partition coefficient (Wildman–Crippen LogP) is 3.42. The summed E-state index contributed by atoms with van der Waals surface area (Å²) in [5.41, 5.74) is 3.07. The Morgan fingerprint density at radius 1 is 0.879 bits per heavy atom.